The maximum Gasteiger partial charge on any atom is 0.0962 e. The molecule has 3 unspecified atom stereocenters. The first-order valence-electron chi connectivity index (χ1n) is 5.34. The van der Waals surface area contributed by atoms with E-state index in [1.54, 1.807) is 6.92 Å². The minimum Gasteiger partial charge on any atom is -0.391 e. The molecule has 90 valence electrons. The average Bonchev–Trinajstić information content (AvgIpc) is 2.26. The van der Waals surface area contributed by atoms with Crippen LogP contribution in [0.25, 0.3) is 0 Å². The lowest BCUT2D eigenvalue weighted by atomic mass is 10.1. The molecule has 0 saturated carbocycles. The molecule has 0 aromatic heterocycles. The summed E-state index contributed by atoms with van der Waals surface area (Å²) in [5, 5.41) is 9.40. The highest BCUT2D eigenvalue weighted by Crippen LogP contribution is 2.26. The van der Waals surface area contributed by atoms with Crippen LogP contribution in [-0.2, 0) is 4.74 Å². The van der Waals surface area contributed by atoms with Crippen molar-refractivity contribution >= 4 is 15.9 Å². The van der Waals surface area contributed by atoms with Crippen LogP contribution in [0.4, 0.5) is 0 Å². The van der Waals surface area contributed by atoms with Gasteiger partial charge in [0.05, 0.1) is 18.3 Å². The Bertz CT molecular complexity index is 331. The first-order chi connectivity index (χ1) is 7.56. The second-order valence-corrected chi connectivity index (χ2v) is 4.68. The van der Waals surface area contributed by atoms with Crippen LogP contribution in [0.15, 0.2) is 28.7 Å². The molecular formula is C12H18BrNO2. The van der Waals surface area contributed by atoms with E-state index in [9.17, 15) is 5.11 Å². The first-order valence-corrected chi connectivity index (χ1v) is 6.13. The lowest BCUT2D eigenvalue weighted by Gasteiger charge is -2.24. The predicted octanol–water partition coefficient (Wildman–Crippen LogP) is 2.23. The zero-order valence-electron chi connectivity index (χ0n) is 9.56. The summed E-state index contributed by atoms with van der Waals surface area (Å²) < 4.78 is 6.70. The number of hydrogen-bond acceptors (Lipinski definition) is 3. The van der Waals surface area contributed by atoms with Gasteiger partial charge in [0.15, 0.2) is 0 Å². The van der Waals surface area contributed by atoms with E-state index in [0.29, 0.717) is 6.54 Å². The summed E-state index contributed by atoms with van der Waals surface area (Å²) in [6.07, 6.45) is -0.933. The molecule has 3 nitrogen and oxygen atoms in total. The number of nitrogens with two attached hydrogens (primary N) is 1. The number of aliphatic hydroxyl groups excluding tert-OH is 1. The van der Waals surface area contributed by atoms with Gasteiger partial charge >= 0.3 is 0 Å². The largest absolute Gasteiger partial charge is 0.391 e. The third kappa shape index (κ3) is 3.56. The third-order valence-electron chi connectivity index (χ3n) is 2.52. The van der Waals surface area contributed by atoms with E-state index in [1.807, 2.05) is 31.2 Å². The van der Waals surface area contributed by atoms with Gasteiger partial charge in [-0.1, -0.05) is 34.1 Å². The Morgan fingerprint density at radius 2 is 2.00 bits per heavy atom. The van der Waals surface area contributed by atoms with E-state index in [1.165, 1.54) is 0 Å². The molecule has 0 aliphatic carbocycles. The Morgan fingerprint density at radius 3 is 2.50 bits per heavy atom. The number of benzene rings is 1. The lowest BCUT2D eigenvalue weighted by molar-refractivity contribution is -0.0594. The predicted molar refractivity (Wildman–Crippen MR) is 68.2 cm³/mol. The summed E-state index contributed by atoms with van der Waals surface area (Å²) in [6, 6.07) is 7.81. The molecule has 1 aromatic carbocycles. The second kappa shape index (κ2) is 6.35. The van der Waals surface area contributed by atoms with Gasteiger partial charge in [0.25, 0.3) is 0 Å². The number of hydrogen-bond donors (Lipinski definition) is 2. The minimum absolute atomic E-state index is 0.194. The molecule has 0 aliphatic rings. The van der Waals surface area contributed by atoms with Crippen LogP contribution >= 0.6 is 15.9 Å². The number of ether oxygens (including phenoxy) is 1. The standard InChI is InChI=1S/C12H18BrNO2/c1-8(15)9(2)16-12(7-14)10-5-3-4-6-11(10)13/h3-6,8-9,12,15H,7,14H2,1-2H3. The lowest BCUT2D eigenvalue weighted by Crippen LogP contribution is -2.28. The molecule has 0 saturated heterocycles. The van der Waals surface area contributed by atoms with Gasteiger partial charge in [0, 0.05) is 11.0 Å². The van der Waals surface area contributed by atoms with Gasteiger partial charge < -0.3 is 15.6 Å². The summed E-state index contributed by atoms with van der Waals surface area (Å²) in [5.41, 5.74) is 6.71. The molecule has 0 bridgehead atoms. The fourth-order valence-corrected chi connectivity index (χ4v) is 1.90. The topological polar surface area (TPSA) is 55.5 Å². The van der Waals surface area contributed by atoms with Crippen LogP contribution in [0.3, 0.4) is 0 Å². The highest BCUT2D eigenvalue weighted by atomic mass is 79.9. The molecular weight excluding hydrogens is 270 g/mol. The van der Waals surface area contributed by atoms with Crippen molar-refractivity contribution in [1.82, 2.24) is 0 Å². The molecule has 1 aromatic rings. The SMILES string of the molecule is CC(O)C(C)OC(CN)c1ccccc1Br. The summed E-state index contributed by atoms with van der Waals surface area (Å²) in [5.74, 6) is 0. The molecule has 1 rings (SSSR count). The molecule has 0 aliphatic heterocycles. The highest BCUT2D eigenvalue weighted by Gasteiger charge is 2.18. The number of rotatable bonds is 5. The highest BCUT2D eigenvalue weighted by molar-refractivity contribution is 9.10. The zero-order chi connectivity index (χ0) is 12.1. The van der Waals surface area contributed by atoms with E-state index in [2.05, 4.69) is 15.9 Å². The summed E-state index contributed by atoms with van der Waals surface area (Å²) in [6.45, 7) is 3.93. The summed E-state index contributed by atoms with van der Waals surface area (Å²) in [7, 11) is 0. The molecule has 0 fully saturated rings. The number of halogens is 1. The fourth-order valence-electron chi connectivity index (χ4n) is 1.36. The van der Waals surface area contributed by atoms with E-state index in [4.69, 9.17) is 10.5 Å². The summed E-state index contributed by atoms with van der Waals surface area (Å²) >= 11 is 3.47. The van der Waals surface area contributed by atoms with Crippen LogP contribution in [0, 0.1) is 0 Å². The van der Waals surface area contributed by atoms with Gasteiger partial charge in [0.1, 0.15) is 0 Å². The van der Waals surface area contributed by atoms with Gasteiger partial charge in [-0.3, -0.25) is 0 Å². The monoisotopic (exact) mass is 287 g/mol. The Labute approximate surface area is 105 Å². The van der Waals surface area contributed by atoms with E-state index < -0.39 is 6.10 Å². The van der Waals surface area contributed by atoms with Gasteiger partial charge in [0.2, 0.25) is 0 Å². The van der Waals surface area contributed by atoms with Crippen molar-refractivity contribution in [2.75, 3.05) is 6.54 Å². The van der Waals surface area contributed by atoms with Crippen molar-refractivity contribution in [2.24, 2.45) is 5.73 Å². The molecule has 0 radical (unpaired) electrons. The molecule has 3 atom stereocenters. The average molecular weight is 288 g/mol. The smallest absolute Gasteiger partial charge is 0.0962 e. The Hall–Kier alpha value is -0.420. The van der Waals surface area contributed by atoms with Crippen LogP contribution in [-0.4, -0.2) is 23.9 Å². The van der Waals surface area contributed by atoms with Crippen molar-refractivity contribution in [1.29, 1.82) is 0 Å². The molecule has 16 heavy (non-hydrogen) atoms. The van der Waals surface area contributed by atoms with E-state index in [0.717, 1.165) is 10.0 Å². The van der Waals surface area contributed by atoms with Gasteiger partial charge in [-0.05, 0) is 25.5 Å². The Morgan fingerprint density at radius 1 is 1.38 bits per heavy atom. The van der Waals surface area contributed by atoms with Crippen molar-refractivity contribution in [3.05, 3.63) is 34.3 Å². The second-order valence-electron chi connectivity index (χ2n) is 3.83. The first kappa shape index (κ1) is 13.6. The summed E-state index contributed by atoms with van der Waals surface area (Å²) in [4.78, 5) is 0. The maximum atomic E-state index is 9.40. The molecule has 0 amide bonds. The quantitative estimate of drug-likeness (QED) is 0.873. The Balaban J connectivity index is 2.79. The van der Waals surface area contributed by atoms with Gasteiger partial charge in [-0.25, -0.2) is 0 Å². The van der Waals surface area contributed by atoms with Crippen LogP contribution in [0.2, 0.25) is 0 Å². The Kier molecular flexibility index (Phi) is 5.41. The van der Waals surface area contributed by atoms with Crippen molar-refractivity contribution in [2.45, 2.75) is 32.2 Å². The minimum atomic E-state index is -0.503. The zero-order valence-corrected chi connectivity index (χ0v) is 11.1. The van der Waals surface area contributed by atoms with Crippen molar-refractivity contribution in [3.63, 3.8) is 0 Å². The van der Waals surface area contributed by atoms with Crippen LogP contribution in [0.1, 0.15) is 25.5 Å². The van der Waals surface area contributed by atoms with Gasteiger partial charge in [-0.15, -0.1) is 0 Å². The molecule has 0 spiro atoms. The number of aliphatic hydroxyl groups is 1. The van der Waals surface area contributed by atoms with E-state index in [-0.39, 0.29) is 12.2 Å². The molecule has 0 heterocycles. The van der Waals surface area contributed by atoms with Crippen molar-refractivity contribution < 1.29 is 9.84 Å². The maximum absolute atomic E-state index is 9.40. The normalized spacial score (nSPS) is 16.8. The van der Waals surface area contributed by atoms with Crippen LogP contribution in [0.5, 0.6) is 0 Å². The fraction of sp³-hybridized carbons (Fsp3) is 0.500. The van der Waals surface area contributed by atoms with Crippen LogP contribution < -0.4 is 5.73 Å². The van der Waals surface area contributed by atoms with Crippen molar-refractivity contribution in [3.8, 4) is 0 Å². The van der Waals surface area contributed by atoms with Gasteiger partial charge in [-0.2, -0.15) is 0 Å². The molecule has 4 heteroatoms. The van der Waals surface area contributed by atoms with E-state index >= 15 is 0 Å². The third-order valence-corrected chi connectivity index (χ3v) is 3.25. The molecule has 3 N–H and O–H groups in total.